The number of rotatable bonds is 5. The molecule has 0 saturated carbocycles. The molecule has 0 unspecified atom stereocenters. The molecule has 4 aromatic rings. The SMILES string of the molecule is Cc1ccc(Oc2ccc(-c3nc4ccccc4n3CC(=O)O)cc2)cc1. The van der Waals surface area contributed by atoms with Gasteiger partial charge in [0.15, 0.2) is 0 Å². The molecule has 0 aliphatic heterocycles. The number of carbonyl (C=O) groups is 1. The van der Waals surface area contributed by atoms with Crippen LogP contribution in [0.15, 0.2) is 72.8 Å². The molecule has 0 fully saturated rings. The lowest BCUT2D eigenvalue weighted by atomic mass is 10.2. The van der Waals surface area contributed by atoms with Gasteiger partial charge in [0.2, 0.25) is 0 Å². The highest BCUT2D eigenvalue weighted by molar-refractivity contribution is 5.82. The summed E-state index contributed by atoms with van der Waals surface area (Å²) in [6, 6.07) is 22.9. The molecule has 5 heteroatoms. The van der Waals surface area contributed by atoms with Gasteiger partial charge in [-0.1, -0.05) is 29.8 Å². The number of fused-ring (bicyclic) bond motifs is 1. The first-order valence-corrected chi connectivity index (χ1v) is 8.62. The topological polar surface area (TPSA) is 64.4 Å². The molecule has 0 saturated heterocycles. The first kappa shape index (κ1) is 16.8. The molecule has 0 aliphatic carbocycles. The van der Waals surface area contributed by atoms with Gasteiger partial charge in [-0.3, -0.25) is 4.79 Å². The van der Waals surface area contributed by atoms with Gasteiger partial charge in [0.1, 0.15) is 23.9 Å². The fourth-order valence-electron chi connectivity index (χ4n) is 3.01. The van der Waals surface area contributed by atoms with Crippen molar-refractivity contribution < 1.29 is 14.6 Å². The standard InChI is InChI=1S/C22H18N2O3/c1-15-6-10-17(11-7-15)27-18-12-8-16(9-13-18)22-23-19-4-2-3-5-20(19)24(22)14-21(25)26/h2-13H,14H2,1H3,(H,25,26). The van der Waals surface area contributed by atoms with Crippen LogP contribution in [-0.2, 0) is 11.3 Å². The van der Waals surface area contributed by atoms with Crippen molar-refractivity contribution in [1.29, 1.82) is 0 Å². The number of carboxylic acids is 1. The van der Waals surface area contributed by atoms with Crippen molar-refractivity contribution in [2.45, 2.75) is 13.5 Å². The van der Waals surface area contributed by atoms with E-state index in [9.17, 15) is 9.90 Å². The molecular formula is C22H18N2O3. The van der Waals surface area contributed by atoms with Gasteiger partial charge in [-0.25, -0.2) is 4.98 Å². The number of carboxylic acid groups (broad SMARTS) is 1. The van der Waals surface area contributed by atoms with Crippen LogP contribution >= 0.6 is 0 Å². The van der Waals surface area contributed by atoms with E-state index in [0.717, 1.165) is 22.3 Å². The lowest BCUT2D eigenvalue weighted by Gasteiger charge is -2.09. The van der Waals surface area contributed by atoms with Gasteiger partial charge < -0.3 is 14.4 Å². The third-order valence-corrected chi connectivity index (χ3v) is 4.32. The predicted molar refractivity (Wildman–Crippen MR) is 104 cm³/mol. The maximum absolute atomic E-state index is 11.3. The minimum atomic E-state index is -0.904. The molecule has 1 aromatic heterocycles. The van der Waals surface area contributed by atoms with E-state index < -0.39 is 5.97 Å². The van der Waals surface area contributed by atoms with Crippen molar-refractivity contribution in [3.63, 3.8) is 0 Å². The third-order valence-electron chi connectivity index (χ3n) is 4.32. The Labute approximate surface area is 156 Å². The molecule has 134 valence electrons. The number of nitrogens with zero attached hydrogens (tertiary/aromatic N) is 2. The normalized spacial score (nSPS) is 10.9. The van der Waals surface area contributed by atoms with Crippen LogP contribution in [0, 0.1) is 6.92 Å². The van der Waals surface area contributed by atoms with E-state index in [1.54, 1.807) is 4.57 Å². The molecule has 1 N–H and O–H groups in total. The van der Waals surface area contributed by atoms with Crippen LogP contribution in [0.4, 0.5) is 0 Å². The summed E-state index contributed by atoms with van der Waals surface area (Å²) >= 11 is 0. The Kier molecular flexibility index (Phi) is 4.34. The van der Waals surface area contributed by atoms with Gasteiger partial charge in [0.25, 0.3) is 0 Å². The molecule has 3 aromatic carbocycles. The van der Waals surface area contributed by atoms with Crippen LogP contribution in [-0.4, -0.2) is 20.6 Å². The van der Waals surface area contributed by atoms with E-state index in [2.05, 4.69) is 4.98 Å². The summed E-state index contributed by atoms with van der Waals surface area (Å²) in [5.74, 6) is 1.20. The molecule has 5 nitrogen and oxygen atoms in total. The van der Waals surface area contributed by atoms with Gasteiger partial charge >= 0.3 is 5.97 Å². The molecule has 0 amide bonds. The van der Waals surface area contributed by atoms with Crippen molar-refractivity contribution in [1.82, 2.24) is 9.55 Å². The molecule has 4 rings (SSSR count). The molecule has 1 heterocycles. The lowest BCUT2D eigenvalue weighted by molar-refractivity contribution is -0.137. The average Bonchev–Trinajstić information content (AvgIpc) is 3.02. The molecule has 27 heavy (non-hydrogen) atoms. The zero-order chi connectivity index (χ0) is 18.8. The third kappa shape index (κ3) is 3.53. The monoisotopic (exact) mass is 358 g/mol. The summed E-state index contributed by atoms with van der Waals surface area (Å²) in [5, 5.41) is 9.28. The van der Waals surface area contributed by atoms with Gasteiger partial charge in [0, 0.05) is 5.56 Å². The maximum Gasteiger partial charge on any atom is 0.323 e. The van der Waals surface area contributed by atoms with Crippen LogP contribution in [0.1, 0.15) is 5.56 Å². The highest BCUT2D eigenvalue weighted by Crippen LogP contribution is 2.28. The van der Waals surface area contributed by atoms with Gasteiger partial charge in [-0.2, -0.15) is 0 Å². The van der Waals surface area contributed by atoms with E-state index in [1.165, 1.54) is 5.56 Å². The van der Waals surface area contributed by atoms with Crippen LogP contribution in [0.25, 0.3) is 22.4 Å². The Balaban J connectivity index is 1.67. The number of aryl methyl sites for hydroxylation is 1. The summed E-state index contributed by atoms with van der Waals surface area (Å²) in [4.78, 5) is 15.9. The fourth-order valence-corrected chi connectivity index (χ4v) is 3.01. The van der Waals surface area contributed by atoms with Gasteiger partial charge in [0.05, 0.1) is 11.0 Å². The van der Waals surface area contributed by atoms with Crippen LogP contribution in [0.3, 0.4) is 0 Å². The van der Waals surface area contributed by atoms with E-state index in [4.69, 9.17) is 4.74 Å². The highest BCUT2D eigenvalue weighted by Gasteiger charge is 2.14. The van der Waals surface area contributed by atoms with Gasteiger partial charge in [-0.15, -0.1) is 0 Å². The largest absolute Gasteiger partial charge is 0.480 e. The fraction of sp³-hybridized carbons (Fsp3) is 0.0909. The lowest BCUT2D eigenvalue weighted by Crippen LogP contribution is -2.09. The molecule has 0 bridgehead atoms. The number of aromatic nitrogens is 2. The smallest absolute Gasteiger partial charge is 0.323 e. The predicted octanol–water partition coefficient (Wildman–Crippen LogP) is 4.89. The van der Waals surface area contributed by atoms with E-state index >= 15 is 0 Å². The quantitative estimate of drug-likeness (QED) is 0.552. The minimum Gasteiger partial charge on any atom is -0.480 e. The maximum atomic E-state index is 11.3. The van der Waals surface area contributed by atoms with Crippen LogP contribution < -0.4 is 4.74 Å². The van der Waals surface area contributed by atoms with Crippen molar-refractivity contribution in [3.8, 4) is 22.9 Å². The zero-order valence-corrected chi connectivity index (χ0v) is 14.8. The molecule has 0 radical (unpaired) electrons. The zero-order valence-electron chi connectivity index (χ0n) is 14.8. The summed E-state index contributed by atoms with van der Waals surface area (Å²) in [6.45, 7) is 1.89. The van der Waals surface area contributed by atoms with E-state index in [1.807, 2.05) is 79.7 Å². The molecular weight excluding hydrogens is 340 g/mol. The Hall–Kier alpha value is -3.60. The van der Waals surface area contributed by atoms with E-state index in [0.29, 0.717) is 11.6 Å². The number of hydrogen-bond donors (Lipinski definition) is 1. The first-order valence-electron chi connectivity index (χ1n) is 8.62. The van der Waals surface area contributed by atoms with E-state index in [-0.39, 0.29) is 6.54 Å². The number of benzene rings is 3. The second-order valence-electron chi connectivity index (χ2n) is 6.34. The molecule has 0 atom stereocenters. The second kappa shape index (κ2) is 6.96. The summed E-state index contributed by atoms with van der Waals surface area (Å²) in [5.41, 5.74) is 3.59. The Morgan fingerprint density at radius 1 is 0.963 bits per heavy atom. The average molecular weight is 358 g/mol. The number of ether oxygens (including phenoxy) is 1. The number of imidazole rings is 1. The van der Waals surface area contributed by atoms with Crippen LogP contribution in [0.5, 0.6) is 11.5 Å². The number of para-hydroxylation sites is 2. The number of aliphatic carboxylic acids is 1. The van der Waals surface area contributed by atoms with Crippen molar-refractivity contribution in [3.05, 3.63) is 78.4 Å². The summed E-state index contributed by atoms with van der Waals surface area (Å²) in [6.07, 6.45) is 0. The van der Waals surface area contributed by atoms with Gasteiger partial charge in [-0.05, 0) is 55.5 Å². The first-order chi connectivity index (χ1) is 13.1. The Bertz CT molecular complexity index is 1100. The van der Waals surface area contributed by atoms with Crippen molar-refractivity contribution in [2.24, 2.45) is 0 Å². The molecule has 0 spiro atoms. The highest BCUT2D eigenvalue weighted by atomic mass is 16.5. The van der Waals surface area contributed by atoms with Crippen LogP contribution in [0.2, 0.25) is 0 Å². The Morgan fingerprint density at radius 2 is 1.59 bits per heavy atom. The Morgan fingerprint density at radius 3 is 2.26 bits per heavy atom. The minimum absolute atomic E-state index is 0.141. The van der Waals surface area contributed by atoms with Crippen molar-refractivity contribution >= 4 is 17.0 Å². The summed E-state index contributed by atoms with van der Waals surface area (Å²) < 4.78 is 7.57. The molecule has 0 aliphatic rings. The van der Waals surface area contributed by atoms with Crippen molar-refractivity contribution in [2.75, 3.05) is 0 Å². The number of hydrogen-bond acceptors (Lipinski definition) is 3. The summed E-state index contributed by atoms with van der Waals surface area (Å²) in [7, 11) is 0. The second-order valence-corrected chi connectivity index (χ2v) is 6.34.